The minimum atomic E-state index is -0.0887. The molecule has 0 radical (unpaired) electrons. The molecule has 34 heavy (non-hydrogen) atoms. The van der Waals surface area contributed by atoms with Crippen molar-refractivity contribution in [3.05, 3.63) is 78.1 Å². The average Bonchev–Trinajstić information content (AvgIpc) is 3.32. The summed E-state index contributed by atoms with van der Waals surface area (Å²) in [6, 6.07) is 22.2. The fourth-order valence-electron chi connectivity index (χ4n) is 4.45. The van der Waals surface area contributed by atoms with Gasteiger partial charge in [-0.15, -0.1) is 0 Å². The van der Waals surface area contributed by atoms with E-state index in [2.05, 4.69) is 49.1 Å². The zero-order valence-corrected chi connectivity index (χ0v) is 20.4. The second kappa shape index (κ2) is 11.2. The van der Waals surface area contributed by atoms with E-state index in [0.717, 1.165) is 43.4 Å². The Morgan fingerprint density at radius 3 is 2.35 bits per heavy atom. The van der Waals surface area contributed by atoms with Crippen LogP contribution in [-0.2, 0) is 6.54 Å². The molecule has 0 unspecified atom stereocenters. The Balaban J connectivity index is 1.56. The second-order valence-corrected chi connectivity index (χ2v) is 8.63. The van der Waals surface area contributed by atoms with E-state index in [-0.39, 0.29) is 5.91 Å². The molecule has 0 aliphatic carbocycles. The van der Waals surface area contributed by atoms with Gasteiger partial charge in [-0.3, -0.25) is 4.79 Å². The maximum Gasteiger partial charge on any atom is 0.289 e. The number of para-hydroxylation sites is 1. The normalized spacial score (nSPS) is 11.4. The molecule has 0 aliphatic heterocycles. The predicted molar refractivity (Wildman–Crippen MR) is 138 cm³/mol. The number of hydrogen-bond acceptors (Lipinski definition) is 4. The van der Waals surface area contributed by atoms with Gasteiger partial charge in [-0.2, -0.15) is 0 Å². The standard InChI is InChI=1S/C29H34N2O3/c1-4-30(5-2)17-8-9-18-31(21-22-15-16-23-11-6-7-12-24(23)19-22)29(32)27-20-25-13-10-14-26(33-3)28(25)34-27/h6-7,10-16,19-20H,4-5,8-9,17-18,21H2,1-3H3. The molecule has 5 nitrogen and oxygen atoms in total. The molecule has 1 amide bonds. The molecule has 0 fully saturated rings. The highest BCUT2D eigenvalue weighted by atomic mass is 16.5. The van der Waals surface area contributed by atoms with Gasteiger partial charge in [0.1, 0.15) is 0 Å². The largest absolute Gasteiger partial charge is 0.493 e. The Morgan fingerprint density at radius 1 is 0.853 bits per heavy atom. The van der Waals surface area contributed by atoms with E-state index in [4.69, 9.17) is 9.15 Å². The number of furan rings is 1. The molecule has 0 saturated heterocycles. The summed E-state index contributed by atoms with van der Waals surface area (Å²) < 4.78 is 11.4. The molecule has 0 bridgehead atoms. The van der Waals surface area contributed by atoms with Crippen LogP contribution in [0.3, 0.4) is 0 Å². The van der Waals surface area contributed by atoms with E-state index in [1.54, 1.807) is 7.11 Å². The first-order valence-electron chi connectivity index (χ1n) is 12.2. The van der Waals surface area contributed by atoms with E-state index in [0.29, 0.717) is 30.2 Å². The van der Waals surface area contributed by atoms with Crippen LogP contribution in [0.1, 0.15) is 42.8 Å². The number of rotatable bonds is 11. The maximum atomic E-state index is 13.6. The lowest BCUT2D eigenvalue weighted by Crippen LogP contribution is -2.32. The van der Waals surface area contributed by atoms with Gasteiger partial charge in [-0.05, 0) is 67.0 Å². The van der Waals surface area contributed by atoms with Crippen LogP contribution < -0.4 is 4.74 Å². The van der Waals surface area contributed by atoms with Crippen LogP contribution >= 0.6 is 0 Å². The van der Waals surface area contributed by atoms with Crippen molar-refractivity contribution in [2.24, 2.45) is 0 Å². The molecular weight excluding hydrogens is 424 g/mol. The zero-order chi connectivity index (χ0) is 23.9. The van der Waals surface area contributed by atoms with Crippen molar-refractivity contribution >= 4 is 27.6 Å². The number of amides is 1. The molecule has 4 rings (SSSR count). The number of hydrogen-bond donors (Lipinski definition) is 0. The summed E-state index contributed by atoms with van der Waals surface area (Å²) in [5.74, 6) is 0.898. The van der Waals surface area contributed by atoms with Crippen molar-refractivity contribution in [1.82, 2.24) is 9.80 Å². The molecule has 1 aromatic heterocycles. The molecular formula is C29H34N2O3. The van der Waals surface area contributed by atoms with Gasteiger partial charge in [0.25, 0.3) is 5.91 Å². The van der Waals surface area contributed by atoms with E-state index in [9.17, 15) is 4.79 Å². The number of methoxy groups -OCH3 is 1. The van der Waals surface area contributed by atoms with Crippen LogP contribution in [0.2, 0.25) is 0 Å². The summed E-state index contributed by atoms with van der Waals surface area (Å²) in [6.07, 6.45) is 2.00. The summed E-state index contributed by atoms with van der Waals surface area (Å²) in [5.41, 5.74) is 1.73. The highest BCUT2D eigenvalue weighted by Crippen LogP contribution is 2.29. The van der Waals surface area contributed by atoms with Crippen molar-refractivity contribution in [2.45, 2.75) is 33.2 Å². The van der Waals surface area contributed by atoms with Crippen LogP contribution in [0.5, 0.6) is 5.75 Å². The molecule has 5 heteroatoms. The molecule has 0 atom stereocenters. The van der Waals surface area contributed by atoms with Gasteiger partial charge in [-0.1, -0.05) is 62.4 Å². The molecule has 3 aromatic carbocycles. The second-order valence-electron chi connectivity index (χ2n) is 8.63. The first kappa shape index (κ1) is 23.8. The van der Waals surface area contributed by atoms with E-state index < -0.39 is 0 Å². The zero-order valence-electron chi connectivity index (χ0n) is 20.4. The van der Waals surface area contributed by atoms with Gasteiger partial charge in [0.2, 0.25) is 0 Å². The number of benzene rings is 3. The first-order chi connectivity index (χ1) is 16.6. The lowest BCUT2D eigenvalue weighted by atomic mass is 10.1. The van der Waals surface area contributed by atoms with Gasteiger partial charge in [0.05, 0.1) is 7.11 Å². The highest BCUT2D eigenvalue weighted by molar-refractivity contribution is 5.97. The number of unbranched alkanes of at least 4 members (excludes halogenated alkanes) is 1. The van der Waals surface area contributed by atoms with Gasteiger partial charge >= 0.3 is 0 Å². The van der Waals surface area contributed by atoms with Crippen molar-refractivity contribution in [3.8, 4) is 5.75 Å². The summed E-state index contributed by atoms with van der Waals surface area (Å²) in [7, 11) is 1.61. The summed E-state index contributed by atoms with van der Waals surface area (Å²) in [6.45, 7) is 8.76. The van der Waals surface area contributed by atoms with Crippen molar-refractivity contribution < 1.29 is 13.9 Å². The molecule has 178 valence electrons. The third-order valence-electron chi connectivity index (χ3n) is 6.46. The number of carbonyl (C=O) groups is 1. The fourth-order valence-corrected chi connectivity index (χ4v) is 4.45. The van der Waals surface area contributed by atoms with Crippen molar-refractivity contribution in [2.75, 3.05) is 33.3 Å². The Bertz CT molecular complexity index is 1240. The van der Waals surface area contributed by atoms with Gasteiger partial charge in [-0.25, -0.2) is 0 Å². The third-order valence-corrected chi connectivity index (χ3v) is 6.46. The van der Waals surface area contributed by atoms with Crippen LogP contribution in [0, 0.1) is 0 Å². The lowest BCUT2D eigenvalue weighted by molar-refractivity contribution is 0.0708. The molecule has 1 heterocycles. The van der Waals surface area contributed by atoms with E-state index >= 15 is 0 Å². The first-order valence-corrected chi connectivity index (χ1v) is 12.2. The van der Waals surface area contributed by atoms with Crippen molar-refractivity contribution in [1.29, 1.82) is 0 Å². The SMILES string of the molecule is CCN(CC)CCCCN(Cc1ccc2ccccc2c1)C(=O)c1cc2cccc(OC)c2o1. The number of ether oxygens (including phenoxy) is 1. The maximum absolute atomic E-state index is 13.6. The Hall–Kier alpha value is -3.31. The van der Waals surface area contributed by atoms with E-state index in [1.165, 1.54) is 10.8 Å². The summed E-state index contributed by atoms with van der Waals surface area (Å²) in [5, 5.41) is 3.25. The van der Waals surface area contributed by atoms with E-state index in [1.807, 2.05) is 41.3 Å². The Kier molecular flexibility index (Phi) is 7.86. The monoisotopic (exact) mass is 458 g/mol. The number of fused-ring (bicyclic) bond motifs is 2. The minimum absolute atomic E-state index is 0.0887. The third kappa shape index (κ3) is 5.42. The molecule has 0 aliphatic rings. The van der Waals surface area contributed by atoms with Crippen LogP contribution in [0.4, 0.5) is 0 Å². The molecule has 0 spiro atoms. The number of nitrogens with zero attached hydrogens (tertiary/aromatic N) is 2. The minimum Gasteiger partial charge on any atom is -0.493 e. The van der Waals surface area contributed by atoms with Crippen LogP contribution in [0.25, 0.3) is 21.7 Å². The Morgan fingerprint density at radius 2 is 1.59 bits per heavy atom. The number of carbonyl (C=O) groups excluding carboxylic acids is 1. The molecule has 0 N–H and O–H groups in total. The summed E-state index contributed by atoms with van der Waals surface area (Å²) in [4.78, 5) is 17.9. The van der Waals surface area contributed by atoms with Crippen molar-refractivity contribution in [3.63, 3.8) is 0 Å². The van der Waals surface area contributed by atoms with Gasteiger partial charge in [0.15, 0.2) is 17.1 Å². The molecule has 0 saturated carbocycles. The van der Waals surface area contributed by atoms with Crippen LogP contribution in [0.15, 0.2) is 71.1 Å². The lowest BCUT2D eigenvalue weighted by Gasteiger charge is -2.23. The Labute approximate surface area is 201 Å². The quantitative estimate of drug-likeness (QED) is 0.245. The smallest absolute Gasteiger partial charge is 0.289 e. The van der Waals surface area contributed by atoms with Gasteiger partial charge in [0, 0.05) is 18.5 Å². The van der Waals surface area contributed by atoms with Crippen LogP contribution in [-0.4, -0.2) is 49.0 Å². The van der Waals surface area contributed by atoms with Gasteiger partial charge < -0.3 is 19.0 Å². The molecule has 4 aromatic rings. The predicted octanol–water partition coefficient (Wildman–Crippen LogP) is 6.36. The topological polar surface area (TPSA) is 45.9 Å². The average molecular weight is 459 g/mol. The fraction of sp³-hybridized carbons (Fsp3) is 0.345. The highest BCUT2D eigenvalue weighted by Gasteiger charge is 2.21. The summed E-state index contributed by atoms with van der Waals surface area (Å²) >= 11 is 0.